The molecule has 4 N–H and O–H groups in total. The molecule has 5 aromatic rings. The summed E-state index contributed by atoms with van der Waals surface area (Å²) in [4.78, 5) is 36.5. The van der Waals surface area contributed by atoms with Gasteiger partial charge in [0.2, 0.25) is 5.95 Å². The fourth-order valence-corrected chi connectivity index (χ4v) is 4.06. The number of aromatic nitrogens is 3. The van der Waals surface area contributed by atoms with Gasteiger partial charge in [-0.25, -0.2) is 9.97 Å². The lowest BCUT2D eigenvalue weighted by molar-refractivity contribution is -0.111. The van der Waals surface area contributed by atoms with E-state index in [2.05, 4.69) is 43.2 Å². The average molecular weight is 521 g/mol. The summed E-state index contributed by atoms with van der Waals surface area (Å²) < 4.78 is 0. The Bertz CT molecular complexity index is 1700. The Morgan fingerprint density at radius 1 is 0.947 bits per heavy atom. The molecule has 0 radical (unpaired) electrons. The van der Waals surface area contributed by atoms with Crippen LogP contribution in [0.3, 0.4) is 0 Å². The predicted molar refractivity (Wildman–Crippen MR) is 151 cm³/mol. The molecule has 0 spiro atoms. The fourth-order valence-electron chi connectivity index (χ4n) is 3.87. The molecule has 5 rings (SSSR count). The van der Waals surface area contributed by atoms with E-state index in [4.69, 9.17) is 11.6 Å². The summed E-state index contributed by atoms with van der Waals surface area (Å²) in [5.74, 6) is -0.280. The number of nitrogens with zero attached hydrogens (tertiary/aromatic N) is 2. The monoisotopic (exact) mass is 520 g/mol. The van der Waals surface area contributed by atoms with Gasteiger partial charge in [-0.05, 0) is 48.5 Å². The van der Waals surface area contributed by atoms with E-state index < -0.39 is 0 Å². The van der Waals surface area contributed by atoms with E-state index >= 15 is 0 Å². The van der Waals surface area contributed by atoms with Gasteiger partial charge in [-0.15, -0.1) is 5.73 Å². The number of anilines is 4. The molecule has 0 fully saturated rings. The van der Waals surface area contributed by atoms with Crippen molar-refractivity contribution in [2.24, 2.45) is 0 Å². The van der Waals surface area contributed by atoms with Crippen LogP contribution in [0, 0.1) is 0 Å². The van der Waals surface area contributed by atoms with E-state index in [1.54, 1.807) is 48.7 Å². The highest BCUT2D eigenvalue weighted by Crippen LogP contribution is 2.32. The average Bonchev–Trinajstić information content (AvgIpc) is 3.34. The number of aromatic amines is 1. The van der Waals surface area contributed by atoms with E-state index in [0.717, 1.165) is 16.5 Å². The van der Waals surface area contributed by atoms with Gasteiger partial charge >= 0.3 is 0 Å². The molecule has 8 nitrogen and oxygen atoms in total. The number of fused-ring (bicyclic) bond motifs is 1. The number of hydrogen-bond acceptors (Lipinski definition) is 5. The SMILES string of the molecule is C=C=CC(=O)Nc1ccc(C(=O)Nc2cccc(Nc3ncc(Cl)c(-c4c[nH]c5ccccc45)n3)c2)cc1. The molecule has 0 aliphatic rings. The van der Waals surface area contributed by atoms with Crippen LogP contribution >= 0.6 is 11.6 Å². The van der Waals surface area contributed by atoms with Crippen molar-refractivity contribution in [3.8, 4) is 11.3 Å². The maximum Gasteiger partial charge on any atom is 0.256 e. The molecule has 0 bridgehead atoms. The Hall–Kier alpha value is -5.17. The van der Waals surface area contributed by atoms with Crippen molar-refractivity contribution >= 4 is 57.3 Å². The van der Waals surface area contributed by atoms with Crippen LogP contribution in [0.2, 0.25) is 5.02 Å². The van der Waals surface area contributed by atoms with Gasteiger partial charge in [0, 0.05) is 51.4 Å². The van der Waals surface area contributed by atoms with Crippen molar-refractivity contribution in [1.82, 2.24) is 15.0 Å². The minimum Gasteiger partial charge on any atom is -0.360 e. The van der Waals surface area contributed by atoms with E-state index in [1.165, 1.54) is 6.08 Å². The fraction of sp³-hybridized carbons (Fsp3) is 0. The van der Waals surface area contributed by atoms with Crippen molar-refractivity contribution in [1.29, 1.82) is 0 Å². The predicted octanol–water partition coefficient (Wildman–Crippen LogP) is 6.55. The molecule has 2 amide bonds. The van der Waals surface area contributed by atoms with Crippen LogP contribution in [-0.2, 0) is 4.79 Å². The third kappa shape index (κ3) is 5.47. The van der Waals surface area contributed by atoms with Gasteiger partial charge in [0.1, 0.15) is 0 Å². The van der Waals surface area contributed by atoms with Crippen molar-refractivity contribution in [2.45, 2.75) is 0 Å². The lowest BCUT2D eigenvalue weighted by atomic mass is 10.1. The Labute approximate surface area is 223 Å². The van der Waals surface area contributed by atoms with E-state index in [0.29, 0.717) is 39.3 Å². The molecule has 186 valence electrons. The summed E-state index contributed by atoms with van der Waals surface area (Å²) >= 11 is 6.44. The molecule has 2 aromatic heterocycles. The van der Waals surface area contributed by atoms with E-state index in [9.17, 15) is 9.59 Å². The topological polar surface area (TPSA) is 112 Å². The van der Waals surface area contributed by atoms with Gasteiger partial charge in [0.05, 0.1) is 16.9 Å². The number of benzene rings is 3. The number of rotatable bonds is 7. The standard InChI is InChI=1S/C29H21ClN6O2/c1-2-6-26(37)33-19-13-11-18(12-14-19)28(38)34-20-7-5-8-21(15-20)35-29-32-17-24(30)27(36-29)23-16-31-25-10-4-3-9-22(23)25/h3-17,31H,1H2,(H,33,37)(H,34,38)(H,32,35,36). The normalized spacial score (nSPS) is 10.4. The first-order valence-electron chi connectivity index (χ1n) is 11.5. The van der Waals surface area contributed by atoms with Crippen LogP contribution in [0.25, 0.3) is 22.2 Å². The lowest BCUT2D eigenvalue weighted by Gasteiger charge is -2.10. The summed E-state index contributed by atoms with van der Waals surface area (Å²) in [6.07, 6.45) is 4.62. The minimum atomic E-state index is -0.347. The Kier molecular flexibility index (Phi) is 6.99. The van der Waals surface area contributed by atoms with Crippen LogP contribution < -0.4 is 16.0 Å². The van der Waals surface area contributed by atoms with Crippen molar-refractivity contribution in [3.63, 3.8) is 0 Å². The first kappa shape index (κ1) is 24.5. The number of carbonyl (C=O) groups excluding carboxylic acids is 2. The van der Waals surface area contributed by atoms with E-state index in [-0.39, 0.29) is 11.8 Å². The minimum absolute atomic E-state index is 0.296. The van der Waals surface area contributed by atoms with Gasteiger partial charge in [0.15, 0.2) is 0 Å². The third-order valence-electron chi connectivity index (χ3n) is 5.61. The molecule has 2 heterocycles. The maximum atomic E-state index is 12.8. The zero-order chi connectivity index (χ0) is 26.5. The van der Waals surface area contributed by atoms with Crippen molar-refractivity contribution < 1.29 is 9.59 Å². The second-order valence-electron chi connectivity index (χ2n) is 8.21. The molecule has 3 aromatic carbocycles. The highest BCUT2D eigenvalue weighted by atomic mass is 35.5. The highest BCUT2D eigenvalue weighted by molar-refractivity contribution is 6.33. The molecular formula is C29H21ClN6O2. The van der Waals surface area contributed by atoms with Crippen molar-refractivity contribution in [3.05, 3.63) is 114 Å². The third-order valence-corrected chi connectivity index (χ3v) is 5.89. The molecular weight excluding hydrogens is 500 g/mol. The van der Waals surface area contributed by atoms with Crippen LogP contribution in [-0.4, -0.2) is 26.8 Å². The number of carbonyl (C=O) groups is 2. The molecule has 0 saturated heterocycles. The second-order valence-corrected chi connectivity index (χ2v) is 8.62. The number of amides is 2. The quantitative estimate of drug-likeness (QED) is 0.143. The molecule has 0 saturated carbocycles. The number of H-pyrrole nitrogens is 1. The summed E-state index contributed by atoms with van der Waals surface area (Å²) in [6, 6.07) is 21.6. The van der Waals surface area contributed by atoms with Gasteiger partial charge in [-0.1, -0.05) is 42.4 Å². The van der Waals surface area contributed by atoms with Crippen molar-refractivity contribution in [2.75, 3.05) is 16.0 Å². The number of nitrogens with one attached hydrogen (secondary N) is 4. The lowest BCUT2D eigenvalue weighted by Crippen LogP contribution is -2.12. The zero-order valence-electron chi connectivity index (χ0n) is 20.0. The van der Waals surface area contributed by atoms with Crippen LogP contribution in [0.5, 0.6) is 0 Å². The number of para-hydroxylation sites is 1. The summed E-state index contributed by atoms with van der Waals surface area (Å²) in [5, 5.41) is 10.1. The van der Waals surface area contributed by atoms with Crippen LogP contribution in [0.4, 0.5) is 23.0 Å². The largest absolute Gasteiger partial charge is 0.360 e. The molecule has 0 aliphatic heterocycles. The van der Waals surface area contributed by atoms with E-state index in [1.807, 2.05) is 36.5 Å². The summed E-state index contributed by atoms with van der Waals surface area (Å²) in [6.45, 7) is 3.36. The van der Waals surface area contributed by atoms with Crippen LogP contribution in [0.15, 0.2) is 104 Å². The molecule has 0 atom stereocenters. The first-order valence-corrected chi connectivity index (χ1v) is 11.9. The molecule has 0 aliphatic carbocycles. The first-order chi connectivity index (χ1) is 18.5. The number of halogens is 1. The second kappa shape index (κ2) is 10.8. The molecule has 9 heteroatoms. The summed E-state index contributed by atoms with van der Waals surface area (Å²) in [7, 11) is 0. The van der Waals surface area contributed by atoms with Gasteiger partial charge < -0.3 is 20.9 Å². The van der Waals surface area contributed by atoms with Crippen LogP contribution in [0.1, 0.15) is 10.4 Å². The van der Waals surface area contributed by atoms with Gasteiger partial charge in [0.25, 0.3) is 11.8 Å². The maximum absolute atomic E-state index is 12.8. The Morgan fingerprint density at radius 3 is 2.55 bits per heavy atom. The Balaban J connectivity index is 1.30. The van der Waals surface area contributed by atoms with Gasteiger partial charge in [-0.3, -0.25) is 9.59 Å². The Morgan fingerprint density at radius 2 is 1.74 bits per heavy atom. The summed E-state index contributed by atoms with van der Waals surface area (Å²) in [5.41, 5.74) is 7.13. The molecule has 38 heavy (non-hydrogen) atoms. The van der Waals surface area contributed by atoms with Gasteiger partial charge in [-0.2, -0.15) is 0 Å². The smallest absolute Gasteiger partial charge is 0.256 e. The highest BCUT2D eigenvalue weighted by Gasteiger charge is 2.13. The molecule has 0 unspecified atom stereocenters. The number of hydrogen-bond donors (Lipinski definition) is 4. The zero-order valence-corrected chi connectivity index (χ0v) is 20.7.